The monoisotopic (exact) mass is 370 g/mol. The van der Waals surface area contributed by atoms with Gasteiger partial charge in [0, 0.05) is 0 Å². The van der Waals surface area contributed by atoms with E-state index < -0.39 is 11.9 Å². The Morgan fingerprint density at radius 2 is 1.59 bits per heavy atom. The third-order valence-corrected chi connectivity index (χ3v) is 5.36. The van der Waals surface area contributed by atoms with Gasteiger partial charge in [-0.25, -0.2) is 9.29 Å². The maximum absolute atomic E-state index is 14.1. The number of benzene rings is 2. The van der Waals surface area contributed by atoms with Crippen LogP contribution in [0.15, 0.2) is 48.5 Å². The molecule has 6 nitrogen and oxygen atoms in total. The molecule has 2 fully saturated rings. The number of carbonyl (C=O) groups excluding carboxylic acids is 2. The molecular weight excluding hydrogens is 349 g/mol. The first-order chi connectivity index (χ1) is 13.1. The Bertz CT molecular complexity index is 880. The van der Waals surface area contributed by atoms with E-state index in [1.54, 1.807) is 18.2 Å². The molecule has 1 atom stereocenters. The van der Waals surface area contributed by atoms with Crippen LogP contribution in [0.3, 0.4) is 0 Å². The molecule has 2 saturated heterocycles. The lowest BCUT2D eigenvalue weighted by atomic mass is 10.1. The molecule has 0 bridgehead atoms. The topological polar surface area (TPSA) is 65.3 Å². The third kappa shape index (κ3) is 3.14. The van der Waals surface area contributed by atoms with Crippen molar-refractivity contribution in [1.29, 1.82) is 0 Å². The standard InChI is InChI=1S/C20H20FN3O3/c21-14-5-1-2-6-15(14)24-19(26)13-17(20(24)27)23-11-9-22(10-12-23)16-7-3-4-8-18(16)25/h1-8,17,25H,9-13H2/p+1/t17-/m1/s1. The average Bonchev–Trinajstić information content (AvgIpc) is 2.97. The molecule has 2 aliphatic rings. The number of aromatic hydroxyl groups is 1. The van der Waals surface area contributed by atoms with Gasteiger partial charge in [0.25, 0.3) is 5.91 Å². The largest absolute Gasteiger partial charge is 0.506 e. The van der Waals surface area contributed by atoms with E-state index >= 15 is 0 Å². The number of carbonyl (C=O) groups is 2. The van der Waals surface area contributed by atoms with E-state index in [4.69, 9.17) is 0 Å². The normalized spacial score (nSPS) is 21.1. The Morgan fingerprint density at radius 3 is 2.26 bits per heavy atom. The van der Waals surface area contributed by atoms with Crippen LogP contribution in [0.2, 0.25) is 0 Å². The van der Waals surface area contributed by atoms with E-state index in [9.17, 15) is 19.1 Å². The molecule has 4 rings (SSSR count). The van der Waals surface area contributed by atoms with Gasteiger partial charge in [0.2, 0.25) is 5.91 Å². The molecule has 0 radical (unpaired) electrons. The minimum Gasteiger partial charge on any atom is -0.506 e. The molecule has 2 aromatic rings. The number of phenols is 1. The maximum atomic E-state index is 14.1. The highest BCUT2D eigenvalue weighted by molar-refractivity contribution is 6.21. The van der Waals surface area contributed by atoms with E-state index in [0.717, 1.165) is 15.5 Å². The number of piperazine rings is 1. The van der Waals surface area contributed by atoms with Crippen molar-refractivity contribution in [2.75, 3.05) is 36.0 Å². The summed E-state index contributed by atoms with van der Waals surface area (Å²) in [5.74, 6) is -1.03. The summed E-state index contributed by atoms with van der Waals surface area (Å²) in [6.07, 6.45) is 0.0963. The van der Waals surface area contributed by atoms with E-state index in [-0.39, 0.29) is 29.7 Å². The summed E-state index contributed by atoms with van der Waals surface area (Å²) in [7, 11) is 0. The van der Waals surface area contributed by atoms with Crippen LogP contribution in [0.5, 0.6) is 5.75 Å². The Morgan fingerprint density at radius 1 is 0.963 bits per heavy atom. The van der Waals surface area contributed by atoms with E-state index in [0.29, 0.717) is 26.2 Å². The summed E-state index contributed by atoms with van der Waals surface area (Å²) in [6, 6.07) is 12.5. The van der Waals surface area contributed by atoms with Crippen molar-refractivity contribution in [1.82, 2.24) is 0 Å². The fourth-order valence-electron chi connectivity index (χ4n) is 3.95. The second kappa shape index (κ2) is 7.00. The second-order valence-corrected chi connectivity index (χ2v) is 6.91. The van der Waals surface area contributed by atoms with Gasteiger partial charge in [-0.3, -0.25) is 9.59 Å². The number of nitrogens with one attached hydrogen (secondary N) is 1. The van der Waals surface area contributed by atoms with Crippen molar-refractivity contribution >= 4 is 23.2 Å². The average molecular weight is 370 g/mol. The molecule has 2 heterocycles. The van der Waals surface area contributed by atoms with Crippen molar-refractivity contribution in [3.8, 4) is 5.75 Å². The number of halogens is 1. The molecule has 7 heteroatoms. The fraction of sp³-hybridized carbons (Fsp3) is 0.300. The van der Waals surface area contributed by atoms with Crippen LogP contribution in [0.4, 0.5) is 15.8 Å². The number of hydrogen-bond acceptors (Lipinski definition) is 4. The van der Waals surface area contributed by atoms with Crippen molar-refractivity contribution in [2.24, 2.45) is 0 Å². The summed E-state index contributed by atoms with van der Waals surface area (Å²) in [6.45, 7) is 2.68. The number of quaternary nitrogens is 1. The van der Waals surface area contributed by atoms with Gasteiger partial charge >= 0.3 is 0 Å². The van der Waals surface area contributed by atoms with Gasteiger partial charge in [0.05, 0.1) is 44.0 Å². The number of rotatable bonds is 3. The highest BCUT2D eigenvalue weighted by Crippen LogP contribution is 2.27. The summed E-state index contributed by atoms with van der Waals surface area (Å²) >= 11 is 0. The van der Waals surface area contributed by atoms with Crippen LogP contribution < -0.4 is 14.7 Å². The first-order valence-corrected chi connectivity index (χ1v) is 9.05. The summed E-state index contributed by atoms with van der Waals surface area (Å²) < 4.78 is 14.1. The number of phenolic OH excluding ortho intramolecular Hbond substituents is 1. The predicted molar refractivity (Wildman–Crippen MR) is 98.3 cm³/mol. The SMILES string of the molecule is O=C1C[C@@H]([NH+]2CCN(c3ccccc3O)CC2)C(=O)N1c1ccccc1F. The van der Waals surface area contributed by atoms with Crippen LogP contribution in [0, 0.1) is 5.82 Å². The molecule has 0 saturated carbocycles. The zero-order valence-electron chi connectivity index (χ0n) is 14.8. The fourth-order valence-corrected chi connectivity index (χ4v) is 3.95. The second-order valence-electron chi connectivity index (χ2n) is 6.91. The molecule has 27 heavy (non-hydrogen) atoms. The lowest BCUT2D eigenvalue weighted by molar-refractivity contribution is -0.915. The number of para-hydroxylation sites is 3. The van der Waals surface area contributed by atoms with Crippen LogP contribution in [-0.2, 0) is 9.59 Å². The van der Waals surface area contributed by atoms with Gasteiger partial charge in [0.1, 0.15) is 11.6 Å². The van der Waals surface area contributed by atoms with Crippen LogP contribution >= 0.6 is 0 Å². The molecule has 2 aliphatic heterocycles. The minimum absolute atomic E-state index is 0.0299. The number of hydrogen-bond donors (Lipinski definition) is 2. The molecule has 0 aliphatic carbocycles. The molecule has 0 unspecified atom stereocenters. The van der Waals surface area contributed by atoms with Gasteiger partial charge in [0.15, 0.2) is 6.04 Å². The molecule has 2 N–H and O–H groups in total. The zero-order valence-corrected chi connectivity index (χ0v) is 14.8. The summed E-state index contributed by atoms with van der Waals surface area (Å²) in [5, 5.41) is 10.0. The number of nitrogens with zero attached hydrogens (tertiary/aromatic N) is 2. The quantitative estimate of drug-likeness (QED) is 0.776. The smallest absolute Gasteiger partial charge is 0.292 e. The number of anilines is 2. The molecule has 0 aromatic heterocycles. The van der Waals surface area contributed by atoms with Gasteiger partial charge < -0.3 is 14.9 Å². The highest BCUT2D eigenvalue weighted by atomic mass is 19.1. The lowest BCUT2D eigenvalue weighted by Gasteiger charge is -2.35. The van der Waals surface area contributed by atoms with Crippen molar-refractivity contribution < 1.29 is 24.0 Å². The van der Waals surface area contributed by atoms with Gasteiger partial charge in [-0.15, -0.1) is 0 Å². The van der Waals surface area contributed by atoms with Crippen molar-refractivity contribution in [2.45, 2.75) is 12.5 Å². The number of amides is 2. The van der Waals surface area contributed by atoms with Crippen LogP contribution in [0.25, 0.3) is 0 Å². The Labute approximate surface area is 156 Å². The summed E-state index contributed by atoms with van der Waals surface area (Å²) in [5.41, 5.74) is 0.806. The van der Waals surface area contributed by atoms with Crippen LogP contribution in [0.1, 0.15) is 6.42 Å². The highest BCUT2D eigenvalue weighted by Gasteiger charge is 2.47. The van der Waals surface area contributed by atoms with E-state index in [1.807, 2.05) is 12.1 Å². The van der Waals surface area contributed by atoms with Crippen LogP contribution in [-0.4, -0.2) is 49.1 Å². The predicted octanol–water partition coefficient (Wildman–Crippen LogP) is 0.568. The Balaban J connectivity index is 1.46. The van der Waals surface area contributed by atoms with Gasteiger partial charge in [-0.05, 0) is 24.3 Å². The molecular formula is C20H21FN3O3+. The molecule has 2 amide bonds. The first kappa shape index (κ1) is 17.5. The molecule has 140 valence electrons. The Kier molecular flexibility index (Phi) is 4.53. The minimum atomic E-state index is -0.570. The Hall–Kier alpha value is -2.93. The molecule has 0 spiro atoms. The maximum Gasteiger partial charge on any atom is 0.292 e. The van der Waals surface area contributed by atoms with Crippen molar-refractivity contribution in [3.63, 3.8) is 0 Å². The van der Waals surface area contributed by atoms with Crippen molar-refractivity contribution in [3.05, 3.63) is 54.3 Å². The van der Waals surface area contributed by atoms with Gasteiger partial charge in [-0.1, -0.05) is 24.3 Å². The number of imide groups is 1. The zero-order chi connectivity index (χ0) is 19.0. The van der Waals surface area contributed by atoms with E-state index in [2.05, 4.69) is 4.90 Å². The third-order valence-electron chi connectivity index (χ3n) is 5.36. The summed E-state index contributed by atoms with van der Waals surface area (Å²) in [4.78, 5) is 29.3. The lowest BCUT2D eigenvalue weighted by Crippen LogP contribution is -3.19. The van der Waals surface area contributed by atoms with E-state index in [1.165, 1.54) is 18.2 Å². The molecule has 2 aromatic carbocycles. The first-order valence-electron chi connectivity index (χ1n) is 9.05. The van der Waals surface area contributed by atoms with Gasteiger partial charge in [-0.2, -0.15) is 0 Å².